The van der Waals surface area contributed by atoms with Crippen LogP contribution >= 0.6 is 11.6 Å². The van der Waals surface area contributed by atoms with E-state index >= 15 is 0 Å². The zero-order valence-electron chi connectivity index (χ0n) is 18.3. The van der Waals surface area contributed by atoms with Crippen LogP contribution in [0.2, 0.25) is 5.02 Å². The number of unbranched alkanes of at least 4 members (excludes halogenated alkanes) is 3. The van der Waals surface area contributed by atoms with E-state index in [2.05, 4.69) is 17.0 Å². The molecule has 0 aliphatic carbocycles. The van der Waals surface area contributed by atoms with Crippen LogP contribution in [-0.2, 0) is 6.54 Å². The van der Waals surface area contributed by atoms with Gasteiger partial charge in [0.15, 0.2) is 11.3 Å². The van der Waals surface area contributed by atoms with Crippen molar-refractivity contribution in [2.75, 3.05) is 0 Å². The van der Waals surface area contributed by atoms with Gasteiger partial charge in [0, 0.05) is 11.6 Å². The van der Waals surface area contributed by atoms with E-state index < -0.39 is 0 Å². The number of hydrogen-bond donors (Lipinski definition) is 0. The number of hydrogen-bond acceptors (Lipinski definition) is 5. The Labute approximate surface area is 195 Å². The number of rotatable bonds is 7. The van der Waals surface area contributed by atoms with Crippen LogP contribution in [0, 0.1) is 0 Å². The maximum absolute atomic E-state index is 13.4. The topological polar surface area (TPSA) is 78.0 Å². The second-order valence-corrected chi connectivity index (χ2v) is 8.43. The standard InChI is InChI=1S/C25H23ClN6O/c1-2-3-4-7-14-31-16-27-23-21(25(31)33)22-24(30-20-9-6-5-8-19(20)29-22)32(23)28-15-17-10-12-18(26)13-11-17/h5-6,8-13,15-16H,2-4,7,14H2,1H3. The second-order valence-electron chi connectivity index (χ2n) is 7.99. The number of para-hydroxylation sites is 2. The van der Waals surface area contributed by atoms with Crippen LogP contribution in [0.15, 0.2) is 64.8 Å². The lowest BCUT2D eigenvalue weighted by Crippen LogP contribution is -2.20. The fourth-order valence-electron chi connectivity index (χ4n) is 3.91. The molecule has 3 heterocycles. The molecule has 0 N–H and O–H groups in total. The zero-order valence-corrected chi connectivity index (χ0v) is 19.0. The van der Waals surface area contributed by atoms with Crippen LogP contribution in [0.1, 0.15) is 38.2 Å². The highest BCUT2D eigenvalue weighted by atomic mass is 35.5. The number of nitrogens with zero attached hydrogens (tertiary/aromatic N) is 6. The van der Waals surface area contributed by atoms with Crippen molar-refractivity contribution in [1.82, 2.24) is 24.2 Å². The average molecular weight is 459 g/mol. The lowest BCUT2D eigenvalue weighted by Gasteiger charge is -2.05. The summed E-state index contributed by atoms with van der Waals surface area (Å²) >= 11 is 5.99. The molecule has 0 spiro atoms. The normalized spacial score (nSPS) is 11.9. The Morgan fingerprint density at radius 2 is 1.73 bits per heavy atom. The highest BCUT2D eigenvalue weighted by Crippen LogP contribution is 2.25. The third-order valence-corrected chi connectivity index (χ3v) is 5.90. The summed E-state index contributed by atoms with van der Waals surface area (Å²) in [4.78, 5) is 27.6. The molecule has 7 nitrogen and oxygen atoms in total. The predicted octanol–water partition coefficient (Wildman–Crippen LogP) is 5.41. The predicted molar refractivity (Wildman–Crippen MR) is 133 cm³/mol. The van der Waals surface area contributed by atoms with Gasteiger partial charge < -0.3 is 0 Å². The van der Waals surface area contributed by atoms with Gasteiger partial charge in [-0.05, 0) is 36.2 Å². The zero-order chi connectivity index (χ0) is 22.8. The number of fused-ring (bicyclic) bond motifs is 4. The van der Waals surface area contributed by atoms with Crippen LogP contribution in [-0.4, -0.2) is 30.4 Å². The summed E-state index contributed by atoms with van der Waals surface area (Å²) in [6, 6.07) is 15.0. The number of halogens is 1. The second kappa shape index (κ2) is 9.11. The molecule has 5 aromatic rings. The number of aryl methyl sites for hydroxylation is 1. The Morgan fingerprint density at radius 3 is 2.48 bits per heavy atom. The Hall–Kier alpha value is -3.58. The van der Waals surface area contributed by atoms with Crippen molar-refractivity contribution in [3.8, 4) is 0 Å². The van der Waals surface area contributed by atoms with Gasteiger partial charge in [0.05, 0.1) is 23.6 Å². The lowest BCUT2D eigenvalue weighted by molar-refractivity contribution is 0.567. The summed E-state index contributed by atoms with van der Waals surface area (Å²) in [6.45, 7) is 2.80. The molecule has 3 aromatic heterocycles. The minimum Gasteiger partial charge on any atom is -0.299 e. The molecule has 0 radical (unpaired) electrons. The SMILES string of the molecule is CCCCCCn1cnc2c(c1=O)c1nc3ccccc3nc1n2N=Cc1ccc(Cl)cc1. The first-order valence-corrected chi connectivity index (χ1v) is 11.5. The molecule has 0 aliphatic rings. The third kappa shape index (κ3) is 4.12. The molecule has 2 aromatic carbocycles. The highest BCUT2D eigenvalue weighted by molar-refractivity contribution is 6.30. The molecule has 0 saturated carbocycles. The van der Waals surface area contributed by atoms with E-state index in [1.807, 2.05) is 36.4 Å². The summed E-state index contributed by atoms with van der Waals surface area (Å²) in [5, 5.41) is 5.72. The fourth-order valence-corrected chi connectivity index (χ4v) is 4.03. The molecular weight excluding hydrogens is 436 g/mol. The minimum atomic E-state index is -0.119. The van der Waals surface area contributed by atoms with Gasteiger partial charge in [-0.2, -0.15) is 9.78 Å². The Bertz CT molecular complexity index is 1530. The van der Waals surface area contributed by atoms with Crippen molar-refractivity contribution in [2.45, 2.75) is 39.2 Å². The smallest absolute Gasteiger partial charge is 0.265 e. The number of aromatic nitrogens is 5. The molecule has 0 unspecified atom stereocenters. The van der Waals surface area contributed by atoms with Gasteiger partial charge in [-0.15, -0.1) is 0 Å². The van der Waals surface area contributed by atoms with Crippen LogP contribution in [0.3, 0.4) is 0 Å². The molecule has 166 valence electrons. The largest absolute Gasteiger partial charge is 0.299 e. The van der Waals surface area contributed by atoms with E-state index in [9.17, 15) is 4.79 Å². The van der Waals surface area contributed by atoms with Crippen LogP contribution in [0.4, 0.5) is 0 Å². The molecule has 0 fully saturated rings. The van der Waals surface area contributed by atoms with Crippen molar-refractivity contribution >= 4 is 51.0 Å². The van der Waals surface area contributed by atoms with E-state index in [1.54, 1.807) is 33.9 Å². The summed E-state index contributed by atoms with van der Waals surface area (Å²) in [5.74, 6) is 0. The van der Waals surface area contributed by atoms with E-state index in [0.29, 0.717) is 33.8 Å². The monoisotopic (exact) mass is 458 g/mol. The molecular formula is C25H23ClN6O. The average Bonchev–Trinajstić information content (AvgIpc) is 3.14. The number of benzene rings is 2. The molecule has 0 bridgehead atoms. The van der Waals surface area contributed by atoms with E-state index in [-0.39, 0.29) is 5.56 Å². The molecule has 33 heavy (non-hydrogen) atoms. The fraction of sp³-hybridized carbons (Fsp3) is 0.240. The molecule has 0 aliphatic heterocycles. The van der Waals surface area contributed by atoms with Crippen LogP contribution in [0.25, 0.3) is 33.2 Å². The van der Waals surface area contributed by atoms with Crippen molar-refractivity contribution in [3.05, 3.63) is 75.8 Å². The van der Waals surface area contributed by atoms with E-state index in [0.717, 1.165) is 42.3 Å². The molecule has 0 atom stereocenters. The third-order valence-electron chi connectivity index (χ3n) is 5.65. The van der Waals surface area contributed by atoms with Gasteiger partial charge in [0.2, 0.25) is 0 Å². The Morgan fingerprint density at radius 1 is 0.970 bits per heavy atom. The molecule has 5 rings (SSSR count). The summed E-state index contributed by atoms with van der Waals surface area (Å²) in [7, 11) is 0. The Balaban J connectivity index is 1.70. The highest BCUT2D eigenvalue weighted by Gasteiger charge is 2.19. The van der Waals surface area contributed by atoms with E-state index in [4.69, 9.17) is 21.6 Å². The van der Waals surface area contributed by atoms with Crippen molar-refractivity contribution < 1.29 is 0 Å². The van der Waals surface area contributed by atoms with Crippen molar-refractivity contribution in [2.24, 2.45) is 5.10 Å². The van der Waals surface area contributed by atoms with Gasteiger partial charge in [0.25, 0.3) is 5.56 Å². The quantitative estimate of drug-likeness (QED) is 0.241. The first kappa shape index (κ1) is 21.3. The van der Waals surface area contributed by atoms with Gasteiger partial charge in [0.1, 0.15) is 10.9 Å². The van der Waals surface area contributed by atoms with Gasteiger partial charge in [-0.25, -0.2) is 15.0 Å². The maximum atomic E-state index is 13.4. The summed E-state index contributed by atoms with van der Waals surface area (Å²) in [6.07, 6.45) is 7.61. The van der Waals surface area contributed by atoms with Crippen molar-refractivity contribution in [3.63, 3.8) is 0 Å². The summed E-state index contributed by atoms with van der Waals surface area (Å²) < 4.78 is 3.27. The van der Waals surface area contributed by atoms with Gasteiger partial charge in [-0.3, -0.25) is 9.36 Å². The van der Waals surface area contributed by atoms with Gasteiger partial charge in [-0.1, -0.05) is 62.1 Å². The Kier molecular flexibility index (Phi) is 5.88. The maximum Gasteiger partial charge on any atom is 0.265 e. The lowest BCUT2D eigenvalue weighted by atomic mass is 10.2. The first-order valence-electron chi connectivity index (χ1n) is 11.1. The molecule has 0 saturated heterocycles. The molecule has 8 heteroatoms. The molecule has 0 amide bonds. The van der Waals surface area contributed by atoms with E-state index in [1.165, 1.54) is 0 Å². The van der Waals surface area contributed by atoms with Gasteiger partial charge >= 0.3 is 0 Å². The van der Waals surface area contributed by atoms with Crippen LogP contribution in [0.5, 0.6) is 0 Å². The first-order chi connectivity index (χ1) is 16.2. The minimum absolute atomic E-state index is 0.119. The summed E-state index contributed by atoms with van der Waals surface area (Å²) in [5.41, 5.74) is 3.66. The van der Waals surface area contributed by atoms with Crippen molar-refractivity contribution in [1.29, 1.82) is 0 Å². The van der Waals surface area contributed by atoms with Crippen LogP contribution < -0.4 is 5.56 Å².